The van der Waals surface area contributed by atoms with E-state index in [1.807, 2.05) is 12.1 Å². The predicted octanol–water partition coefficient (Wildman–Crippen LogP) is 2.22. The minimum atomic E-state index is -0.178. The summed E-state index contributed by atoms with van der Waals surface area (Å²) in [6.07, 6.45) is 4.48. The van der Waals surface area contributed by atoms with Crippen LogP contribution in [0.1, 0.15) is 24.8 Å². The van der Waals surface area contributed by atoms with Crippen LogP contribution in [0, 0.1) is 11.7 Å². The minimum Gasteiger partial charge on any atom is -0.358 e. The molecule has 0 unspecified atom stereocenters. The van der Waals surface area contributed by atoms with Crippen molar-refractivity contribution >= 4 is 5.91 Å². The van der Waals surface area contributed by atoms with Gasteiger partial charge in [-0.3, -0.25) is 9.69 Å². The van der Waals surface area contributed by atoms with E-state index in [1.54, 1.807) is 7.05 Å². The van der Waals surface area contributed by atoms with E-state index >= 15 is 0 Å². The van der Waals surface area contributed by atoms with Crippen molar-refractivity contribution in [3.8, 4) is 0 Å². The molecule has 1 saturated heterocycles. The molecule has 20 heavy (non-hydrogen) atoms. The van der Waals surface area contributed by atoms with Gasteiger partial charge in [-0.1, -0.05) is 12.1 Å². The fourth-order valence-corrected chi connectivity index (χ4v) is 2.83. The van der Waals surface area contributed by atoms with Crippen molar-refractivity contribution in [1.29, 1.82) is 0 Å². The number of carbonyl (C=O) groups excluding carboxylic acids is 1. The van der Waals surface area contributed by atoms with E-state index in [-0.39, 0.29) is 11.7 Å². The van der Waals surface area contributed by atoms with E-state index in [2.05, 4.69) is 10.2 Å². The Morgan fingerprint density at radius 2 is 2.15 bits per heavy atom. The van der Waals surface area contributed by atoms with Crippen molar-refractivity contribution in [2.45, 2.75) is 25.7 Å². The lowest BCUT2D eigenvalue weighted by Crippen LogP contribution is -2.41. The van der Waals surface area contributed by atoms with Crippen molar-refractivity contribution in [2.75, 3.05) is 26.7 Å². The van der Waals surface area contributed by atoms with Gasteiger partial charge >= 0.3 is 0 Å². The molecule has 1 heterocycles. The van der Waals surface area contributed by atoms with Crippen LogP contribution in [0.25, 0.3) is 0 Å². The zero-order valence-corrected chi connectivity index (χ0v) is 12.1. The van der Waals surface area contributed by atoms with Gasteiger partial charge in [0.05, 0.1) is 6.54 Å². The van der Waals surface area contributed by atoms with Gasteiger partial charge in [0, 0.05) is 13.6 Å². The number of piperidine rings is 1. The number of nitrogens with one attached hydrogen (secondary N) is 1. The Bertz CT molecular complexity index is 433. The highest BCUT2D eigenvalue weighted by Gasteiger charge is 2.20. The molecule has 0 saturated carbocycles. The first kappa shape index (κ1) is 15.0. The molecule has 1 amide bonds. The molecule has 2 rings (SSSR count). The highest BCUT2D eigenvalue weighted by atomic mass is 19.1. The smallest absolute Gasteiger partial charge is 0.233 e. The molecule has 1 aliphatic rings. The van der Waals surface area contributed by atoms with E-state index in [0.717, 1.165) is 32.4 Å². The Balaban J connectivity index is 1.78. The molecule has 0 spiro atoms. The zero-order chi connectivity index (χ0) is 14.4. The molecule has 0 radical (unpaired) electrons. The number of likely N-dealkylation sites (N-methyl/N-ethyl adjacent to an activating group) is 1. The van der Waals surface area contributed by atoms with E-state index in [9.17, 15) is 9.18 Å². The summed E-state index contributed by atoms with van der Waals surface area (Å²) in [7, 11) is 1.68. The number of nitrogens with zero attached hydrogens (tertiary/aromatic N) is 1. The standard InChI is InChI=1S/C16H23FN2O/c1-18-16(20)12-19-10-2-3-14(11-19)5-4-13-6-8-15(17)9-7-13/h6-9,14H,2-5,10-12H2,1H3,(H,18,20)/t14-/m1/s1. The van der Waals surface area contributed by atoms with Gasteiger partial charge in [0.1, 0.15) is 5.82 Å². The molecule has 1 aromatic carbocycles. The lowest BCUT2D eigenvalue weighted by molar-refractivity contribution is -0.122. The topological polar surface area (TPSA) is 32.3 Å². The highest BCUT2D eigenvalue weighted by Crippen LogP contribution is 2.21. The molecule has 1 aliphatic heterocycles. The molecule has 0 aliphatic carbocycles. The Morgan fingerprint density at radius 3 is 2.85 bits per heavy atom. The monoisotopic (exact) mass is 278 g/mol. The summed E-state index contributed by atoms with van der Waals surface area (Å²) < 4.78 is 12.8. The lowest BCUT2D eigenvalue weighted by Gasteiger charge is -2.32. The number of rotatable bonds is 5. The second kappa shape index (κ2) is 7.39. The number of hydrogen-bond donors (Lipinski definition) is 1. The number of aryl methyl sites for hydroxylation is 1. The third kappa shape index (κ3) is 4.60. The largest absolute Gasteiger partial charge is 0.358 e. The van der Waals surface area contributed by atoms with Crippen LogP contribution >= 0.6 is 0 Å². The summed E-state index contributed by atoms with van der Waals surface area (Å²) in [5.41, 5.74) is 1.19. The summed E-state index contributed by atoms with van der Waals surface area (Å²) in [5.74, 6) is 0.547. The van der Waals surface area contributed by atoms with Crippen LogP contribution in [-0.2, 0) is 11.2 Å². The Labute approximate surface area is 120 Å². The van der Waals surface area contributed by atoms with Crippen molar-refractivity contribution in [2.24, 2.45) is 5.92 Å². The van der Waals surface area contributed by atoms with E-state index in [0.29, 0.717) is 12.5 Å². The van der Waals surface area contributed by atoms with Crippen molar-refractivity contribution in [3.05, 3.63) is 35.6 Å². The number of likely N-dealkylation sites (tertiary alicyclic amines) is 1. The molecular formula is C16H23FN2O. The van der Waals surface area contributed by atoms with Crippen molar-refractivity contribution in [3.63, 3.8) is 0 Å². The molecule has 4 heteroatoms. The van der Waals surface area contributed by atoms with Gasteiger partial charge in [-0.25, -0.2) is 4.39 Å². The van der Waals surface area contributed by atoms with Crippen molar-refractivity contribution in [1.82, 2.24) is 10.2 Å². The first-order valence-corrected chi connectivity index (χ1v) is 7.35. The first-order chi connectivity index (χ1) is 9.67. The van der Waals surface area contributed by atoms with Crippen LogP contribution in [0.3, 0.4) is 0 Å². The molecule has 1 aromatic rings. The van der Waals surface area contributed by atoms with Gasteiger partial charge < -0.3 is 5.32 Å². The lowest BCUT2D eigenvalue weighted by atomic mass is 9.91. The van der Waals surface area contributed by atoms with Crippen LogP contribution in [-0.4, -0.2) is 37.5 Å². The summed E-state index contributed by atoms with van der Waals surface area (Å²) in [6, 6.07) is 6.77. The van der Waals surface area contributed by atoms with Gasteiger partial charge in [0.25, 0.3) is 0 Å². The fourth-order valence-electron chi connectivity index (χ4n) is 2.83. The van der Waals surface area contributed by atoms with Crippen LogP contribution in [0.5, 0.6) is 0 Å². The average Bonchev–Trinajstić information content (AvgIpc) is 2.47. The second-order valence-electron chi connectivity index (χ2n) is 5.58. The molecular weight excluding hydrogens is 255 g/mol. The number of amides is 1. The van der Waals surface area contributed by atoms with Gasteiger partial charge in [-0.05, 0) is 55.8 Å². The first-order valence-electron chi connectivity index (χ1n) is 7.35. The van der Waals surface area contributed by atoms with Crippen LogP contribution < -0.4 is 5.32 Å². The van der Waals surface area contributed by atoms with E-state index in [1.165, 1.54) is 24.1 Å². The maximum atomic E-state index is 12.8. The molecule has 1 N–H and O–H groups in total. The molecule has 110 valence electrons. The Kier molecular flexibility index (Phi) is 5.53. The normalized spacial score (nSPS) is 19.8. The van der Waals surface area contributed by atoms with Crippen molar-refractivity contribution < 1.29 is 9.18 Å². The van der Waals surface area contributed by atoms with Gasteiger partial charge in [0.2, 0.25) is 5.91 Å². The number of carbonyl (C=O) groups is 1. The van der Waals surface area contributed by atoms with Gasteiger partial charge in [-0.15, -0.1) is 0 Å². The predicted molar refractivity (Wildman–Crippen MR) is 78.0 cm³/mol. The quantitative estimate of drug-likeness (QED) is 0.895. The minimum absolute atomic E-state index is 0.0872. The zero-order valence-electron chi connectivity index (χ0n) is 12.1. The molecule has 3 nitrogen and oxygen atoms in total. The third-order valence-corrected chi connectivity index (χ3v) is 4.00. The number of benzene rings is 1. The Morgan fingerprint density at radius 1 is 1.40 bits per heavy atom. The van der Waals surface area contributed by atoms with Gasteiger partial charge in [0.15, 0.2) is 0 Å². The summed E-state index contributed by atoms with van der Waals surface area (Å²) in [5, 5.41) is 2.67. The highest BCUT2D eigenvalue weighted by molar-refractivity contribution is 5.77. The third-order valence-electron chi connectivity index (χ3n) is 4.00. The van der Waals surface area contributed by atoms with E-state index < -0.39 is 0 Å². The maximum absolute atomic E-state index is 12.8. The number of halogens is 1. The Hall–Kier alpha value is -1.42. The second-order valence-corrected chi connectivity index (χ2v) is 5.58. The molecule has 1 atom stereocenters. The molecule has 0 bridgehead atoms. The van der Waals surface area contributed by atoms with Crippen LogP contribution in [0.2, 0.25) is 0 Å². The summed E-state index contributed by atoms with van der Waals surface area (Å²) >= 11 is 0. The van der Waals surface area contributed by atoms with Crippen LogP contribution in [0.15, 0.2) is 24.3 Å². The number of hydrogen-bond acceptors (Lipinski definition) is 2. The summed E-state index contributed by atoms with van der Waals surface area (Å²) in [4.78, 5) is 13.6. The molecule has 0 aromatic heterocycles. The maximum Gasteiger partial charge on any atom is 0.233 e. The SMILES string of the molecule is CNC(=O)CN1CCC[C@H](CCc2ccc(F)cc2)C1. The summed E-state index contributed by atoms with van der Waals surface area (Å²) in [6.45, 7) is 2.51. The fraction of sp³-hybridized carbons (Fsp3) is 0.562. The van der Waals surface area contributed by atoms with Crippen LogP contribution in [0.4, 0.5) is 4.39 Å². The average molecular weight is 278 g/mol. The van der Waals surface area contributed by atoms with Gasteiger partial charge in [-0.2, -0.15) is 0 Å². The molecule has 1 fully saturated rings. The van der Waals surface area contributed by atoms with E-state index in [4.69, 9.17) is 0 Å².